The second-order valence-corrected chi connectivity index (χ2v) is 5.66. The molecular formula is C15H28N2O. The Labute approximate surface area is 111 Å². The van der Waals surface area contributed by atoms with Crippen molar-refractivity contribution in [3.63, 3.8) is 0 Å². The van der Waals surface area contributed by atoms with Crippen LogP contribution < -0.4 is 0 Å². The van der Waals surface area contributed by atoms with Gasteiger partial charge in [0.25, 0.3) is 0 Å². The molecule has 1 N–H and O–H groups in total. The van der Waals surface area contributed by atoms with E-state index in [0.29, 0.717) is 17.6 Å². The molecule has 0 spiro atoms. The van der Waals surface area contributed by atoms with E-state index in [2.05, 4.69) is 39.7 Å². The van der Waals surface area contributed by atoms with Crippen LogP contribution in [0.3, 0.4) is 0 Å². The lowest BCUT2D eigenvalue weighted by molar-refractivity contribution is 0.443. The Hall–Kier alpha value is -0.990. The number of hydrogen-bond acceptors (Lipinski definition) is 2. The van der Waals surface area contributed by atoms with E-state index in [1.807, 2.05) is 4.68 Å². The third kappa shape index (κ3) is 3.50. The maximum absolute atomic E-state index is 10.4. The predicted octanol–water partition coefficient (Wildman–Crippen LogP) is 4.10. The van der Waals surface area contributed by atoms with E-state index in [1.54, 1.807) is 0 Å². The Morgan fingerprint density at radius 2 is 1.89 bits per heavy atom. The SMILES string of the molecule is CCCCn1nc(CC(C)C)c(O)c1C(C)CC. The maximum atomic E-state index is 10.4. The molecule has 3 heteroatoms. The number of hydrogen-bond donors (Lipinski definition) is 1. The van der Waals surface area contributed by atoms with Crippen LogP contribution in [0.15, 0.2) is 0 Å². The van der Waals surface area contributed by atoms with Gasteiger partial charge in [-0.15, -0.1) is 0 Å². The van der Waals surface area contributed by atoms with Crippen LogP contribution in [0.25, 0.3) is 0 Å². The van der Waals surface area contributed by atoms with Gasteiger partial charge in [-0.1, -0.05) is 41.0 Å². The van der Waals surface area contributed by atoms with Gasteiger partial charge in [-0.25, -0.2) is 0 Å². The minimum atomic E-state index is 0.371. The van der Waals surface area contributed by atoms with Gasteiger partial charge in [-0.3, -0.25) is 4.68 Å². The third-order valence-electron chi connectivity index (χ3n) is 3.44. The van der Waals surface area contributed by atoms with Gasteiger partial charge in [0.05, 0.1) is 5.69 Å². The molecule has 0 fully saturated rings. The Bertz CT molecular complexity index is 369. The fourth-order valence-corrected chi connectivity index (χ4v) is 2.20. The van der Waals surface area contributed by atoms with Crippen LogP contribution in [0.5, 0.6) is 5.75 Å². The molecule has 1 aromatic rings. The molecule has 0 amide bonds. The van der Waals surface area contributed by atoms with Crippen molar-refractivity contribution in [2.75, 3.05) is 0 Å². The number of aromatic hydroxyl groups is 1. The second kappa shape index (κ2) is 6.81. The van der Waals surface area contributed by atoms with Crippen LogP contribution >= 0.6 is 0 Å². The molecule has 0 aliphatic rings. The quantitative estimate of drug-likeness (QED) is 0.793. The molecule has 0 radical (unpaired) electrons. The van der Waals surface area contributed by atoms with Gasteiger partial charge < -0.3 is 5.11 Å². The lowest BCUT2D eigenvalue weighted by Crippen LogP contribution is -2.08. The van der Waals surface area contributed by atoms with Crippen LogP contribution in [0.1, 0.15) is 71.2 Å². The van der Waals surface area contributed by atoms with Gasteiger partial charge in [0, 0.05) is 12.5 Å². The molecule has 1 heterocycles. The predicted molar refractivity (Wildman–Crippen MR) is 76.0 cm³/mol. The zero-order valence-electron chi connectivity index (χ0n) is 12.5. The van der Waals surface area contributed by atoms with Crippen molar-refractivity contribution in [3.8, 4) is 5.75 Å². The topological polar surface area (TPSA) is 38.0 Å². The summed E-state index contributed by atoms with van der Waals surface area (Å²) in [4.78, 5) is 0. The summed E-state index contributed by atoms with van der Waals surface area (Å²) in [6, 6.07) is 0. The summed E-state index contributed by atoms with van der Waals surface area (Å²) in [6.45, 7) is 11.7. The summed E-state index contributed by atoms with van der Waals surface area (Å²) >= 11 is 0. The second-order valence-electron chi connectivity index (χ2n) is 5.66. The van der Waals surface area contributed by atoms with E-state index in [1.165, 1.54) is 0 Å². The summed E-state index contributed by atoms with van der Waals surface area (Å²) in [5, 5.41) is 15.0. The third-order valence-corrected chi connectivity index (χ3v) is 3.44. The lowest BCUT2D eigenvalue weighted by Gasteiger charge is -2.12. The Kier molecular flexibility index (Phi) is 5.70. The van der Waals surface area contributed by atoms with Crippen LogP contribution in [-0.4, -0.2) is 14.9 Å². The van der Waals surface area contributed by atoms with Gasteiger partial charge in [0.15, 0.2) is 5.75 Å². The van der Waals surface area contributed by atoms with Crippen molar-refractivity contribution < 1.29 is 5.11 Å². The summed E-state index contributed by atoms with van der Waals surface area (Å²) in [6.07, 6.45) is 4.16. The van der Waals surface area contributed by atoms with Crippen LogP contribution in [-0.2, 0) is 13.0 Å². The molecule has 0 bridgehead atoms. The van der Waals surface area contributed by atoms with Crippen molar-refractivity contribution in [1.29, 1.82) is 0 Å². The molecule has 1 rings (SSSR count). The monoisotopic (exact) mass is 252 g/mol. The van der Waals surface area contributed by atoms with Gasteiger partial charge in [0.2, 0.25) is 0 Å². The molecule has 1 atom stereocenters. The van der Waals surface area contributed by atoms with Gasteiger partial charge in [0.1, 0.15) is 5.69 Å². The molecule has 104 valence electrons. The molecule has 0 saturated carbocycles. The fourth-order valence-electron chi connectivity index (χ4n) is 2.20. The molecule has 18 heavy (non-hydrogen) atoms. The summed E-state index contributed by atoms with van der Waals surface area (Å²) < 4.78 is 2.03. The molecule has 1 aromatic heterocycles. The zero-order chi connectivity index (χ0) is 13.7. The van der Waals surface area contributed by atoms with Crippen molar-refractivity contribution >= 4 is 0 Å². The number of nitrogens with zero attached hydrogens (tertiary/aromatic N) is 2. The largest absolute Gasteiger partial charge is 0.504 e. The molecule has 0 aliphatic carbocycles. The number of rotatable bonds is 7. The average Bonchev–Trinajstić information content (AvgIpc) is 2.62. The zero-order valence-corrected chi connectivity index (χ0v) is 12.5. The minimum Gasteiger partial charge on any atom is -0.504 e. The Balaban J connectivity index is 3.05. The Morgan fingerprint density at radius 3 is 2.39 bits per heavy atom. The van der Waals surface area contributed by atoms with E-state index in [0.717, 1.165) is 43.6 Å². The highest BCUT2D eigenvalue weighted by Gasteiger charge is 2.21. The number of aromatic nitrogens is 2. The van der Waals surface area contributed by atoms with Crippen molar-refractivity contribution in [2.24, 2.45) is 5.92 Å². The van der Waals surface area contributed by atoms with E-state index < -0.39 is 0 Å². The fraction of sp³-hybridized carbons (Fsp3) is 0.800. The first-order valence-corrected chi connectivity index (χ1v) is 7.29. The molecule has 1 unspecified atom stereocenters. The number of unbranched alkanes of at least 4 members (excludes halogenated alkanes) is 1. The first kappa shape index (κ1) is 15.1. The van der Waals surface area contributed by atoms with Gasteiger partial charge in [-0.05, 0) is 25.2 Å². The number of aryl methyl sites for hydroxylation is 1. The van der Waals surface area contributed by atoms with E-state index in [-0.39, 0.29) is 0 Å². The average molecular weight is 252 g/mol. The minimum absolute atomic E-state index is 0.371. The van der Waals surface area contributed by atoms with Crippen molar-refractivity contribution in [2.45, 2.75) is 72.8 Å². The van der Waals surface area contributed by atoms with Crippen LogP contribution in [0.2, 0.25) is 0 Å². The molecule has 0 aliphatic heterocycles. The smallest absolute Gasteiger partial charge is 0.160 e. The molecule has 0 aromatic carbocycles. The van der Waals surface area contributed by atoms with E-state index in [9.17, 15) is 5.11 Å². The highest BCUT2D eigenvalue weighted by Crippen LogP contribution is 2.32. The van der Waals surface area contributed by atoms with Crippen molar-refractivity contribution in [1.82, 2.24) is 9.78 Å². The highest BCUT2D eigenvalue weighted by atomic mass is 16.3. The Morgan fingerprint density at radius 1 is 1.22 bits per heavy atom. The van der Waals surface area contributed by atoms with Gasteiger partial charge >= 0.3 is 0 Å². The summed E-state index contributed by atoms with van der Waals surface area (Å²) in [5.41, 5.74) is 1.90. The molecule has 3 nitrogen and oxygen atoms in total. The first-order valence-electron chi connectivity index (χ1n) is 7.29. The maximum Gasteiger partial charge on any atom is 0.160 e. The van der Waals surface area contributed by atoms with Gasteiger partial charge in [-0.2, -0.15) is 5.10 Å². The van der Waals surface area contributed by atoms with Crippen LogP contribution in [0, 0.1) is 5.92 Å². The summed E-state index contributed by atoms with van der Waals surface area (Å²) in [5.74, 6) is 1.33. The normalized spacial score (nSPS) is 13.2. The molecular weight excluding hydrogens is 224 g/mol. The van der Waals surface area contributed by atoms with Crippen LogP contribution in [0.4, 0.5) is 0 Å². The van der Waals surface area contributed by atoms with E-state index in [4.69, 9.17) is 0 Å². The van der Waals surface area contributed by atoms with Crippen molar-refractivity contribution in [3.05, 3.63) is 11.4 Å². The standard InChI is InChI=1S/C15H28N2O/c1-6-8-9-17-14(12(5)7-2)15(18)13(16-17)10-11(3)4/h11-12,18H,6-10H2,1-5H3. The van der Waals surface area contributed by atoms with E-state index >= 15 is 0 Å². The molecule has 0 saturated heterocycles. The highest BCUT2D eigenvalue weighted by molar-refractivity contribution is 5.35. The summed E-state index contributed by atoms with van der Waals surface area (Å²) in [7, 11) is 0. The lowest BCUT2D eigenvalue weighted by atomic mass is 10.0. The first-order chi connectivity index (χ1) is 8.51.